The minimum Gasteiger partial charge on any atom is -0.488 e. The number of aryl methyl sites for hydroxylation is 1. The Labute approximate surface area is 266 Å². The Balaban J connectivity index is 1.36. The van der Waals surface area contributed by atoms with Gasteiger partial charge in [0.2, 0.25) is 0 Å². The van der Waals surface area contributed by atoms with Crippen LogP contribution in [0.1, 0.15) is 35.3 Å². The Morgan fingerprint density at radius 2 is 1.64 bits per heavy atom. The number of benzene rings is 4. The van der Waals surface area contributed by atoms with Crippen molar-refractivity contribution >= 4 is 21.6 Å². The maximum absolute atomic E-state index is 13.8. The summed E-state index contributed by atoms with van der Waals surface area (Å²) < 4.78 is 35.3. The molecule has 45 heavy (non-hydrogen) atoms. The second-order valence-corrected chi connectivity index (χ2v) is 13.7. The summed E-state index contributed by atoms with van der Waals surface area (Å²) in [6, 6.07) is 29.7. The Morgan fingerprint density at radius 1 is 0.978 bits per heavy atom. The number of ether oxygens (including phenoxy) is 1. The van der Waals surface area contributed by atoms with E-state index in [0.717, 1.165) is 5.56 Å². The molecule has 0 saturated heterocycles. The Bertz CT molecular complexity index is 1710. The molecule has 0 saturated carbocycles. The lowest BCUT2D eigenvalue weighted by atomic mass is 9.99. The topological polar surface area (TPSA) is 99.2 Å². The van der Waals surface area contributed by atoms with Crippen molar-refractivity contribution in [1.82, 2.24) is 9.80 Å². The van der Waals surface area contributed by atoms with Gasteiger partial charge in [0.25, 0.3) is 15.9 Å². The predicted octanol–water partition coefficient (Wildman–Crippen LogP) is 5.81. The van der Waals surface area contributed by atoms with Crippen molar-refractivity contribution in [1.29, 1.82) is 0 Å². The van der Waals surface area contributed by atoms with Gasteiger partial charge in [0, 0.05) is 31.2 Å². The van der Waals surface area contributed by atoms with E-state index in [9.17, 15) is 18.3 Å². The second-order valence-electron chi connectivity index (χ2n) is 12.0. The summed E-state index contributed by atoms with van der Waals surface area (Å²) in [7, 11) is -1.83. The number of amides is 1. The average Bonchev–Trinajstić information content (AvgIpc) is 3.03. The van der Waals surface area contributed by atoms with Gasteiger partial charge < -0.3 is 14.7 Å². The molecular weight excluding hydrogens is 586 g/mol. The van der Waals surface area contributed by atoms with Gasteiger partial charge in [-0.15, -0.1) is 0 Å². The highest BCUT2D eigenvalue weighted by molar-refractivity contribution is 7.92. The third kappa shape index (κ3) is 7.73. The summed E-state index contributed by atoms with van der Waals surface area (Å²) >= 11 is 0. The average molecular weight is 628 g/mol. The van der Waals surface area contributed by atoms with Crippen molar-refractivity contribution in [2.75, 3.05) is 31.5 Å². The van der Waals surface area contributed by atoms with Crippen molar-refractivity contribution in [3.63, 3.8) is 0 Å². The lowest BCUT2D eigenvalue weighted by molar-refractivity contribution is 0.0341. The molecule has 0 unspecified atom stereocenters. The second kappa shape index (κ2) is 13.9. The van der Waals surface area contributed by atoms with Crippen LogP contribution in [0, 0.1) is 12.8 Å². The number of hydrogen-bond acceptors (Lipinski definition) is 6. The van der Waals surface area contributed by atoms with Crippen LogP contribution in [0.4, 0.5) is 5.69 Å². The number of rotatable bonds is 10. The largest absolute Gasteiger partial charge is 0.488 e. The van der Waals surface area contributed by atoms with Crippen molar-refractivity contribution < 1.29 is 23.1 Å². The van der Waals surface area contributed by atoms with Crippen LogP contribution >= 0.6 is 0 Å². The van der Waals surface area contributed by atoms with Crippen LogP contribution < -0.4 is 9.46 Å². The van der Waals surface area contributed by atoms with E-state index < -0.39 is 16.1 Å². The number of nitrogens with one attached hydrogen (secondary N) is 1. The van der Waals surface area contributed by atoms with Gasteiger partial charge in [0.15, 0.2) is 0 Å². The van der Waals surface area contributed by atoms with Gasteiger partial charge in [-0.3, -0.25) is 14.4 Å². The number of carbonyl (C=O) groups excluding carboxylic acids is 1. The van der Waals surface area contributed by atoms with E-state index in [1.54, 1.807) is 48.2 Å². The van der Waals surface area contributed by atoms with Crippen molar-refractivity contribution in [2.24, 2.45) is 5.92 Å². The summed E-state index contributed by atoms with van der Waals surface area (Å²) in [6.45, 7) is 7.23. The fourth-order valence-electron chi connectivity index (χ4n) is 5.55. The molecule has 1 amide bonds. The van der Waals surface area contributed by atoms with Crippen LogP contribution in [0.15, 0.2) is 102 Å². The molecule has 5 rings (SSSR count). The number of anilines is 1. The Morgan fingerprint density at radius 3 is 2.31 bits per heavy atom. The smallest absolute Gasteiger partial charge is 0.261 e. The van der Waals surface area contributed by atoms with Crippen LogP contribution in [-0.2, 0) is 16.6 Å². The Hall–Kier alpha value is -4.18. The first-order chi connectivity index (χ1) is 21.5. The van der Waals surface area contributed by atoms with Crippen LogP contribution in [0.5, 0.6) is 5.75 Å². The molecule has 1 aliphatic heterocycles. The highest BCUT2D eigenvalue weighted by Crippen LogP contribution is 2.32. The zero-order valence-electron chi connectivity index (χ0n) is 26.2. The molecule has 236 valence electrons. The molecule has 0 bridgehead atoms. The first kappa shape index (κ1) is 32.2. The van der Waals surface area contributed by atoms with Gasteiger partial charge in [-0.25, -0.2) is 8.42 Å². The first-order valence-electron chi connectivity index (χ1n) is 15.2. The van der Waals surface area contributed by atoms with Gasteiger partial charge in [-0.2, -0.15) is 0 Å². The normalized spacial score (nSPS) is 17.6. The molecule has 4 aromatic rings. The number of carbonyl (C=O) groups is 1. The number of hydrogen-bond donors (Lipinski definition) is 2. The van der Waals surface area contributed by atoms with Crippen LogP contribution in [0.25, 0.3) is 11.1 Å². The maximum Gasteiger partial charge on any atom is 0.261 e. The van der Waals surface area contributed by atoms with Crippen LogP contribution in [0.2, 0.25) is 0 Å². The van der Waals surface area contributed by atoms with Gasteiger partial charge in [0.1, 0.15) is 11.9 Å². The number of likely N-dealkylation sites (N-methyl/N-ethyl adjacent to an activating group) is 1. The molecule has 0 spiro atoms. The fraction of sp³-hybridized carbons (Fsp3) is 0.306. The monoisotopic (exact) mass is 627 g/mol. The van der Waals surface area contributed by atoms with Crippen LogP contribution in [0.3, 0.4) is 0 Å². The minimum absolute atomic E-state index is 0.0428. The fourth-order valence-corrected chi connectivity index (χ4v) is 6.60. The summed E-state index contributed by atoms with van der Waals surface area (Å²) in [5.41, 5.74) is 4.96. The molecule has 0 aliphatic carbocycles. The van der Waals surface area contributed by atoms with Gasteiger partial charge >= 0.3 is 0 Å². The first-order valence-corrected chi connectivity index (χ1v) is 16.7. The molecule has 0 aromatic heterocycles. The Kier molecular flexibility index (Phi) is 9.92. The van der Waals surface area contributed by atoms with E-state index in [1.807, 2.05) is 39.1 Å². The lowest BCUT2D eigenvalue weighted by Crippen LogP contribution is -2.49. The van der Waals surface area contributed by atoms with E-state index >= 15 is 0 Å². The standard InChI is InChI=1S/C36H41N3O5S/c1-25-10-17-32(18-11-25)45(42,43)37-31-16-19-34-33(20-31)36(41)39(27(3)24-40)21-26(2)35(44-34)23-38(4)22-28-12-14-30(15-13-28)29-8-6-5-7-9-29/h5-20,26-27,35,37,40H,21-24H2,1-4H3/t26-,27-,35-/m1/s1. The summed E-state index contributed by atoms with van der Waals surface area (Å²) in [5.74, 6) is 0.0180. The molecule has 4 aromatic carbocycles. The van der Waals surface area contributed by atoms with Gasteiger partial charge in [-0.05, 0) is 67.9 Å². The molecule has 0 fully saturated rings. The number of aliphatic hydroxyl groups is 1. The lowest BCUT2D eigenvalue weighted by Gasteiger charge is -2.38. The quantitative estimate of drug-likeness (QED) is 0.230. The van der Waals surface area contributed by atoms with Crippen LogP contribution in [-0.4, -0.2) is 68.1 Å². The van der Waals surface area contributed by atoms with E-state index in [-0.39, 0.29) is 40.7 Å². The zero-order valence-corrected chi connectivity index (χ0v) is 27.0. The minimum atomic E-state index is -3.87. The number of sulfonamides is 1. The summed E-state index contributed by atoms with van der Waals surface area (Å²) in [6.07, 6.45) is -0.270. The summed E-state index contributed by atoms with van der Waals surface area (Å²) in [5, 5.41) is 10.00. The van der Waals surface area contributed by atoms with Gasteiger partial charge in [-0.1, -0.05) is 79.2 Å². The van der Waals surface area contributed by atoms with Crippen molar-refractivity contribution in [3.8, 4) is 16.9 Å². The number of nitrogens with zero attached hydrogens (tertiary/aromatic N) is 2. The molecule has 1 heterocycles. The number of aliphatic hydroxyl groups excluding tert-OH is 1. The van der Waals surface area contributed by atoms with E-state index in [2.05, 4.69) is 46.0 Å². The molecule has 8 nitrogen and oxygen atoms in total. The molecule has 1 aliphatic rings. The van der Waals surface area contributed by atoms with E-state index in [0.29, 0.717) is 25.4 Å². The molecule has 2 N–H and O–H groups in total. The predicted molar refractivity (Wildman–Crippen MR) is 178 cm³/mol. The molecular formula is C36H41N3O5S. The molecule has 9 heteroatoms. The molecule has 3 atom stereocenters. The zero-order chi connectivity index (χ0) is 32.1. The highest BCUT2D eigenvalue weighted by atomic mass is 32.2. The van der Waals surface area contributed by atoms with Gasteiger partial charge in [0.05, 0.1) is 23.1 Å². The third-order valence-electron chi connectivity index (χ3n) is 8.25. The van der Waals surface area contributed by atoms with E-state index in [1.165, 1.54) is 22.8 Å². The van der Waals surface area contributed by atoms with Crippen molar-refractivity contribution in [3.05, 3.63) is 114 Å². The van der Waals surface area contributed by atoms with E-state index in [4.69, 9.17) is 4.74 Å². The van der Waals surface area contributed by atoms with Crippen molar-refractivity contribution in [2.45, 2.75) is 44.4 Å². The maximum atomic E-state index is 13.8. The third-order valence-corrected chi connectivity index (χ3v) is 9.65. The molecule has 0 radical (unpaired) electrons. The number of fused-ring (bicyclic) bond motifs is 1. The SMILES string of the molecule is Cc1ccc(S(=O)(=O)Nc2ccc3c(c2)C(=O)N([C@H](C)CO)C[C@@H](C)[C@@H](CN(C)Cc2ccc(-c4ccccc4)cc2)O3)cc1. The summed E-state index contributed by atoms with van der Waals surface area (Å²) in [4.78, 5) is 17.8. The highest BCUT2D eigenvalue weighted by Gasteiger charge is 2.33.